The summed E-state index contributed by atoms with van der Waals surface area (Å²) in [6, 6.07) is 83.4. The third-order valence-corrected chi connectivity index (χ3v) is 17.0. The van der Waals surface area contributed by atoms with Gasteiger partial charge in [-0.15, -0.1) is 0 Å². The van der Waals surface area contributed by atoms with Crippen LogP contribution in [0.4, 0.5) is 34.1 Å². The number of fused-ring (bicyclic) bond motifs is 15. The van der Waals surface area contributed by atoms with E-state index in [1.54, 1.807) is 0 Å². The summed E-state index contributed by atoms with van der Waals surface area (Å²) in [4.78, 5) is 4.69. The van der Waals surface area contributed by atoms with Gasteiger partial charge in [0.25, 0.3) is 13.4 Å². The molecule has 10 aromatic carbocycles. The summed E-state index contributed by atoms with van der Waals surface area (Å²) in [7, 11) is 0. The molecule has 0 atom stereocenters. The topological polar surface area (TPSA) is 34.8 Å². The van der Waals surface area contributed by atoms with Gasteiger partial charge in [0, 0.05) is 88.4 Å². The van der Waals surface area contributed by atoms with E-state index in [-0.39, 0.29) is 13.4 Å². The standard InChI is InChI=1S/C64H38B2N4O2S/c1-5-19-39(20-6-1)67(40-21-7-2-8-22-40)43-35-53-57-55(37-43)71-61-62-64(73-63(61)65(57)49-31-17-29-47-45-27-13-15-33-51(45)69(53)59(47)49)66-50-32-18-30-48-46-28-14-16-34-52(46)70(60(48)50)54-36-44(38-56(72-62)58(54)66)68(41-23-9-3-10-24-41)42-25-11-4-12-26-42/h1-38H. The van der Waals surface area contributed by atoms with E-state index >= 15 is 0 Å². The Morgan fingerprint density at radius 1 is 0.342 bits per heavy atom. The maximum Gasteiger partial charge on any atom is 0.269 e. The van der Waals surface area contributed by atoms with Gasteiger partial charge in [0.1, 0.15) is 11.5 Å². The highest BCUT2D eigenvalue weighted by Crippen LogP contribution is 2.49. The van der Waals surface area contributed by atoms with Crippen LogP contribution in [0.3, 0.4) is 0 Å². The van der Waals surface area contributed by atoms with Crippen molar-refractivity contribution in [2.45, 2.75) is 0 Å². The van der Waals surface area contributed by atoms with Crippen LogP contribution in [-0.4, -0.2) is 22.6 Å². The SMILES string of the molecule is c1ccc(N(c2ccccc2)c2cc3c4c(c2)-n2c5ccccc5c5cccc(c52)B4c2sc4c(c2O3)Oc2cc(N(c3ccccc3)c3ccccc3)cc3c2B4c2cccc4c5ccccc5n-3c24)cc1. The Morgan fingerprint density at radius 3 is 1.10 bits per heavy atom. The number of rotatable bonds is 6. The van der Waals surface area contributed by atoms with Crippen LogP contribution in [0.25, 0.3) is 55.0 Å². The third-order valence-electron chi connectivity index (χ3n) is 15.7. The van der Waals surface area contributed by atoms with E-state index in [4.69, 9.17) is 9.47 Å². The normalized spacial score (nSPS) is 13.1. The maximum absolute atomic E-state index is 7.62. The lowest BCUT2D eigenvalue weighted by molar-refractivity contribution is 0.427. The molecule has 0 radical (unpaired) electrons. The fraction of sp³-hybridized carbons (Fsp3) is 0. The van der Waals surface area contributed by atoms with E-state index in [0.29, 0.717) is 0 Å². The molecule has 3 aromatic heterocycles. The van der Waals surface area contributed by atoms with Crippen molar-refractivity contribution in [2.24, 2.45) is 0 Å². The van der Waals surface area contributed by atoms with E-state index in [1.807, 2.05) is 11.3 Å². The van der Waals surface area contributed by atoms with Crippen LogP contribution in [0.1, 0.15) is 0 Å². The molecular weight excluding hydrogens is 910 g/mol. The minimum atomic E-state index is -0.111. The number of nitrogens with zero attached hydrogens (tertiary/aromatic N) is 4. The van der Waals surface area contributed by atoms with E-state index in [1.165, 1.54) is 75.0 Å². The van der Waals surface area contributed by atoms with E-state index in [0.717, 1.165) is 68.5 Å². The molecule has 0 N–H and O–H groups in total. The smallest absolute Gasteiger partial charge is 0.269 e. The molecule has 0 bridgehead atoms. The molecular formula is C64H38B2N4O2S. The number of hydrogen-bond acceptors (Lipinski definition) is 5. The Balaban J connectivity index is 0.954. The molecule has 4 aliphatic heterocycles. The Kier molecular flexibility index (Phi) is 7.96. The molecule has 0 spiro atoms. The third kappa shape index (κ3) is 5.33. The van der Waals surface area contributed by atoms with Crippen molar-refractivity contribution in [1.82, 2.24) is 9.13 Å². The minimum absolute atomic E-state index is 0.111. The summed E-state index contributed by atoms with van der Waals surface area (Å²) in [6.45, 7) is -0.222. The van der Waals surface area contributed by atoms with Crippen molar-refractivity contribution in [3.05, 3.63) is 231 Å². The quantitative estimate of drug-likeness (QED) is 0.156. The van der Waals surface area contributed by atoms with Gasteiger partial charge in [0.05, 0.1) is 22.4 Å². The second-order valence-electron chi connectivity index (χ2n) is 19.5. The van der Waals surface area contributed by atoms with Gasteiger partial charge in [-0.25, -0.2) is 0 Å². The second kappa shape index (κ2) is 14.7. The monoisotopic (exact) mass is 948 g/mol. The van der Waals surface area contributed by atoms with Gasteiger partial charge in [-0.2, -0.15) is 11.3 Å². The van der Waals surface area contributed by atoms with E-state index in [2.05, 4.69) is 249 Å². The molecule has 13 aromatic rings. The Morgan fingerprint density at radius 2 is 0.699 bits per heavy atom. The van der Waals surface area contributed by atoms with Crippen molar-refractivity contribution < 1.29 is 9.47 Å². The maximum atomic E-state index is 7.62. The predicted molar refractivity (Wildman–Crippen MR) is 305 cm³/mol. The van der Waals surface area contributed by atoms with E-state index in [9.17, 15) is 0 Å². The van der Waals surface area contributed by atoms with Gasteiger partial charge >= 0.3 is 0 Å². The molecule has 4 aliphatic rings. The van der Waals surface area contributed by atoms with Gasteiger partial charge < -0.3 is 28.4 Å². The first-order chi connectivity index (χ1) is 36.2. The van der Waals surface area contributed by atoms with Gasteiger partial charge in [-0.1, -0.05) is 146 Å². The molecule has 0 unspecified atom stereocenters. The number of aromatic nitrogens is 2. The average molecular weight is 949 g/mol. The Labute approximate surface area is 424 Å². The number of thiophene rings is 1. The van der Waals surface area contributed by atoms with E-state index < -0.39 is 0 Å². The van der Waals surface area contributed by atoms with Gasteiger partial charge in [0.2, 0.25) is 0 Å². The molecule has 0 amide bonds. The Bertz CT molecular complexity index is 4110. The molecule has 9 heteroatoms. The molecule has 7 heterocycles. The molecule has 73 heavy (non-hydrogen) atoms. The number of anilines is 6. The van der Waals surface area contributed by atoms with Crippen molar-refractivity contribution in [3.8, 4) is 34.4 Å². The van der Waals surface area contributed by atoms with Crippen molar-refractivity contribution in [1.29, 1.82) is 0 Å². The highest BCUT2D eigenvalue weighted by atomic mass is 32.1. The zero-order chi connectivity index (χ0) is 47.5. The summed E-state index contributed by atoms with van der Waals surface area (Å²) >= 11 is 1.87. The van der Waals surface area contributed by atoms with Crippen molar-refractivity contribution in [2.75, 3.05) is 9.80 Å². The van der Waals surface area contributed by atoms with Crippen LogP contribution in [0.15, 0.2) is 231 Å². The number of ether oxygens (including phenoxy) is 2. The van der Waals surface area contributed by atoms with Gasteiger partial charge in [-0.05, 0) is 94.6 Å². The molecule has 0 saturated carbocycles. The first kappa shape index (κ1) is 39.5. The van der Waals surface area contributed by atoms with Crippen molar-refractivity contribution in [3.63, 3.8) is 0 Å². The molecule has 17 rings (SSSR count). The molecule has 0 fully saturated rings. The van der Waals surface area contributed by atoms with Crippen LogP contribution in [-0.2, 0) is 0 Å². The van der Waals surface area contributed by atoms with Crippen LogP contribution >= 0.6 is 11.3 Å². The fourth-order valence-electron chi connectivity index (χ4n) is 12.9. The first-order valence-electron chi connectivity index (χ1n) is 25.0. The summed E-state index contributed by atoms with van der Waals surface area (Å²) in [6.07, 6.45) is 0. The lowest BCUT2D eigenvalue weighted by Gasteiger charge is -2.35. The molecule has 338 valence electrons. The van der Waals surface area contributed by atoms with Crippen LogP contribution in [0, 0.1) is 0 Å². The zero-order valence-electron chi connectivity index (χ0n) is 39.1. The first-order valence-corrected chi connectivity index (χ1v) is 25.8. The molecule has 6 nitrogen and oxygen atoms in total. The number of para-hydroxylation sites is 8. The number of hydrogen-bond donors (Lipinski definition) is 0. The van der Waals surface area contributed by atoms with Gasteiger partial charge in [-0.3, -0.25) is 0 Å². The van der Waals surface area contributed by atoms with Gasteiger partial charge in [0.15, 0.2) is 11.5 Å². The largest absolute Gasteiger partial charge is 0.454 e. The van der Waals surface area contributed by atoms with Crippen LogP contribution in [0.5, 0.6) is 23.0 Å². The summed E-state index contributed by atoms with van der Waals surface area (Å²) in [5, 5.41) is 4.97. The van der Waals surface area contributed by atoms with Crippen LogP contribution < -0.4 is 50.7 Å². The average Bonchev–Trinajstić information content (AvgIpc) is 4.14. The molecule has 0 saturated heterocycles. The van der Waals surface area contributed by atoms with Crippen molar-refractivity contribution >= 4 is 134 Å². The zero-order valence-corrected chi connectivity index (χ0v) is 39.9. The highest BCUT2D eigenvalue weighted by Gasteiger charge is 2.49. The lowest BCUT2D eigenvalue weighted by Crippen LogP contribution is -2.58. The Hall–Kier alpha value is -9.17. The lowest BCUT2D eigenvalue weighted by atomic mass is 9.36. The summed E-state index contributed by atoms with van der Waals surface area (Å²) in [5.74, 6) is 3.26. The summed E-state index contributed by atoms with van der Waals surface area (Å²) in [5.41, 5.74) is 18.3. The van der Waals surface area contributed by atoms with Crippen LogP contribution in [0.2, 0.25) is 0 Å². The molecule has 0 aliphatic carbocycles. The number of benzene rings is 10. The predicted octanol–water partition coefficient (Wildman–Crippen LogP) is 12.8. The fourth-order valence-corrected chi connectivity index (χ4v) is 14.3. The minimum Gasteiger partial charge on any atom is -0.454 e. The highest BCUT2D eigenvalue weighted by molar-refractivity contribution is 7.38. The summed E-state index contributed by atoms with van der Waals surface area (Å²) < 4.78 is 22.6. The second-order valence-corrected chi connectivity index (χ2v) is 20.6.